The largest absolute Gasteiger partial charge is 0.456 e. The molecule has 0 saturated carbocycles. The number of hydrogen-bond donors (Lipinski definition) is 1. The lowest BCUT2D eigenvalue weighted by molar-refractivity contribution is 0.660. The van der Waals surface area contributed by atoms with E-state index in [0.29, 0.717) is 0 Å². The Kier molecular flexibility index (Phi) is 7.87. The number of para-hydroxylation sites is 1. The Bertz CT molecular complexity index is 2930. The fourth-order valence-corrected chi connectivity index (χ4v) is 9.11. The van der Waals surface area contributed by atoms with Gasteiger partial charge in [0.2, 0.25) is 0 Å². The van der Waals surface area contributed by atoms with Gasteiger partial charge in [-0.05, 0) is 115 Å². The number of furan rings is 1. The van der Waals surface area contributed by atoms with Crippen molar-refractivity contribution < 1.29 is 4.42 Å². The summed E-state index contributed by atoms with van der Waals surface area (Å²) < 4.78 is 5.84. The molecule has 8 aromatic carbocycles. The fourth-order valence-electron chi connectivity index (χ4n) is 9.11. The first-order valence-electron chi connectivity index (χ1n) is 19.6. The van der Waals surface area contributed by atoms with Crippen molar-refractivity contribution in [3.63, 3.8) is 0 Å². The molecule has 0 bridgehead atoms. The van der Waals surface area contributed by atoms with Crippen LogP contribution in [-0.2, 0) is 10.8 Å². The highest BCUT2D eigenvalue weighted by Crippen LogP contribution is 2.52. The molecule has 2 aliphatic carbocycles. The van der Waals surface area contributed by atoms with Crippen LogP contribution >= 0.6 is 0 Å². The molecule has 1 aromatic heterocycles. The van der Waals surface area contributed by atoms with Crippen LogP contribution in [0.2, 0.25) is 0 Å². The maximum absolute atomic E-state index is 5.84. The minimum atomic E-state index is -0.0608. The highest BCUT2D eigenvalue weighted by atomic mass is 16.3. The van der Waals surface area contributed by atoms with Crippen molar-refractivity contribution in [1.82, 2.24) is 0 Å². The first kappa shape index (κ1) is 33.9. The van der Waals surface area contributed by atoms with E-state index in [4.69, 9.17) is 4.42 Å². The fraction of sp³-hybridized carbons (Fsp3) is 0.111. The number of rotatable bonds is 4. The van der Waals surface area contributed by atoms with E-state index < -0.39 is 0 Å². The molecule has 270 valence electrons. The van der Waals surface area contributed by atoms with E-state index in [9.17, 15) is 0 Å². The van der Waals surface area contributed by atoms with Crippen molar-refractivity contribution in [2.24, 2.45) is 0 Å². The molecule has 0 radical (unpaired) electrons. The van der Waals surface area contributed by atoms with Gasteiger partial charge in [0.1, 0.15) is 11.2 Å². The molecule has 56 heavy (non-hydrogen) atoms. The van der Waals surface area contributed by atoms with Gasteiger partial charge < -0.3 is 9.73 Å². The molecule has 0 amide bonds. The Labute approximate surface area is 329 Å². The van der Waals surface area contributed by atoms with Crippen LogP contribution in [0.3, 0.4) is 0 Å². The summed E-state index contributed by atoms with van der Waals surface area (Å²) in [5.41, 5.74) is 20.1. The van der Waals surface area contributed by atoms with E-state index in [1.54, 1.807) is 0 Å². The van der Waals surface area contributed by atoms with Gasteiger partial charge in [0.15, 0.2) is 0 Å². The number of hydrogen-bond acceptors (Lipinski definition) is 2. The summed E-state index contributed by atoms with van der Waals surface area (Å²) in [6.45, 7) is 9.37. The van der Waals surface area contributed by atoms with Gasteiger partial charge >= 0.3 is 0 Å². The normalized spacial score (nSPS) is 14.0. The van der Waals surface area contributed by atoms with Crippen LogP contribution in [0.25, 0.3) is 66.4 Å². The lowest BCUT2D eigenvalue weighted by Crippen LogP contribution is -2.15. The number of nitrogens with one attached hydrogen (secondary N) is 1. The van der Waals surface area contributed by atoms with Crippen molar-refractivity contribution in [2.75, 3.05) is 5.32 Å². The van der Waals surface area contributed by atoms with Gasteiger partial charge in [0, 0.05) is 33.0 Å². The molecule has 1 N–H and O–H groups in total. The maximum Gasteiger partial charge on any atom is 0.135 e. The zero-order chi connectivity index (χ0) is 38.0. The average molecular weight is 722 g/mol. The van der Waals surface area contributed by atoms with E-state index in [0.717, 1.165) is 22.5 Å². The van der Waals surface area contributed by atoms with E-state index >= 15 is 0 Å². The number of anilines is 2. The highest BCUT2D eigenvalue weighted by Gasteiger charge is 2.37. The van der Waals surface area contributed by atoms with E-state index in [1.807, 2.05) is 24.3 Å². The first-order chi connectivity index (χ1) is 27.3. The second-order valence-corrected chi connectivity index (χ2v) is 16.2. The molecule has 0 unspecified atom stereocenters. The van der Waals surface area contributed by atoms with Crippen molar-refractivity contribution >= 4 is 33.3 Å². The standard InChI is InChI=1S/C36H31N.C18H12O/c1-35(2)31-13-9-8-12-27(31)29-18-15-25(21-33(29)35)37-26-16-19-30-28-17-14-24(23-10-6-5-7-11-23)20-32(28)36(3,4)34(30)22-26;1-2-6-13(7-3-1)14-10-11-18-16(12-14)15-8-4-5-9-17(15)19-18/h5-22,37H,1-4H3;1-12H. The summed E-state index contributed by atoms with van der Waals surface area (Å²) in [7, 11) is 0. The SMILES string of the molecule is CC1(C)c2ccccc2-c2ccc(Nc3ccc4c(c3)C(C)(C)c3cc(-c5ccccc5)ccc3-4)cc21.c1ccc(-c2ccc3oc4ccccc4c3c2)cc1. The summed E-state index contributed by atoms with van der Waals surface area (Å²) in [5, 5.41) is 6.08. The molecule has 0 spiro atoms. The highest BCUT2D eigenvalue weighted by molar-refractivity contribution is 6.06. The van der Waals surface area contributed by atoms with Crippen molar-refractivity contribution in [1.29, 1.82) is 0 Å². The van der Waals surface area contributed by atoms with Crippen LogP contribution < -0.4 is 5.32 Å². The molecular weight excluding hydrogens is 679 g/mol. The molecule has 0 atom stereocenters. The lowest BCUT2D eigenvalue weighted by atomic mass is 9.81. The topological polar surface area (TPSA) is 25.2 Å². The Hall–Kier alpha value is -6.64. The van der Waals surface area contributed by atoms with Gasteiger partial charge in [-0.3, -0.25) is 0 Å². The van der Waals surface area contributed by atoms with Crippen LogP contribution in [0.1, 0.15) is 49.9 Å². The van der Waals surface area contributed by atoms with Crippen LogP contribution in [0, 0.1) is 0 Å². The minimum absolute atomic E-state index is 0.00163. The van der Waals surface area contributed by atoms with Gasteiger partial charge in [-0.15, -0.1) is 0 Å². The second kappa shape index (κ2) is 13.0. The van der Waals surface area contributed by atoms with Gasteiger partial charge in [-0.25, -0.2) is 0 Å². The Morgan fingerprint density at radius 3 is 1.46 bits per heavy atom. The Morgan fingerprint density at radius 2 is 0.804 bits per heavy atom. The first-order valence-corrected chi connectivity index (χ1v) is 19.6. The molecule has 2 nitrogen and oxygen atoms in total. The molecule has 2 aliphatic rings. The zero-order valence-corrected chi connectivity index (χ0v) is 32.2. The molecule has 0 aliphatic heterocycles. The quantitative estimate of drug-likeness (QED) is 0.196. The zero-order valence-electron chi connectivity index (χ0n) is 32.2. The number of fused-ring (bicyclic) bond motifs is 9. The number of benzene rings is 8. The van der Waals surface area contributed by atoms with Crippen molar-refractivity contribution in [3.05, 3.63) is 204 Å². The van der Waals surface area contributed by atoms with Crippen molar-refractivity contribution in [3.8, 4) is 44.5 Å². The molecule has 9 aromatic rings. The van der Waals surface area contributed by atoms with Crippen molar-refractivity contribution in [2.45, 2.75) is 38.5 Å². The second-order valence-electron chi connectivity index (χ2n) is 16.2. The van der Waals surface area contributed by atoms with Gasteiger partial charge in [0.25, 0.3) is 0 Å². The summed E-state index contributed by atoms with van der Waals surface area (Å²) in [5.74, 6) is 0. The Balaban J connectivity index is 0.000000169. The van der Waals surface area contributed by atoms with Gasteiger partial charge in [-0.1, -0.05) is 161 Å². The van der Waals surface area contributed by atoms with Crippen LogP contribution in [-0.4, -0.2) is 0 Å². The summed E-state index contributed by atoms with van der Waals surface area (Å²) in [6.07, 6.45) is 0. The molecule has 11 rings (SSSR count). The third kappa shape index (κ3) is 5.56. The Morgan fingerprint density at radius 1 is 0.339 bits per heavy atom. The lowest BCUT2D eigenvalue weighted by Gasteiger charge is -2.23. The third-order valence-electron chi connectivity index (χ3n) is 12.1. The van der Waals surface area contributed by atoms with Gasteiger partial charge in [-0.2, -0.15) is 0 Å². The summed E-state index contributed by atoms with van der Waals surface area (Å²) >= 11 is 0. The molecule has 1 heterocycles. The smallest absolute Gasteiger partial charge is 0.135 e. The molecule has 0 saturated heterocycles. The third-order valence-corrected chi connectivity index (χ3v) is 12.1. The predicted octanol–water partition coefficient (Wildman–Crippen LogP) is 15.0. The molecule has 0 fully saturated rings. The summed E-state index contributed by atoms with van der Waals surface area (Å²) in [6, 6.07) is 65.1. The average Bonchev–Trinajstić information content (AvgIpc) is 3.80. The summed E-state index contributed by atoms with van der Waals surface area (Å²) in [4.78, 5) is 0. The molecule has 2 heteroatoms. The van der Waals surface area contributed by atoms with E-state index in [-0.39, 0.29) is 10.8 Å². The monoisotopic (exact) mass is 721 g/mol. The predicted molar refractivity (Wildman–Crippen MR) is 236 cm³/mol. The van der Waals surface area contributed by atoms with Crippen LogP contribution in [0.15, 0.2) is 186 Å². The molecular formula is C54H43NO. The van der Waals surface area contributed by atoms with E-state index in [1.165, 1.54) is 77.5 Å². The maximum atomic E-state index is 5.84. The van der Waals surface area contributed by atoms with Crippen LogP contribution in [0.5, 0.6) is 0 Å². The van der Waals surface area contributed by atoms with Gasteiger partial charge in [0.05, 0.1) is 0 Å². The van der Waals surface area contributed by atoms with Crippen LogP contribution in [0.4, 0.5) is 11.4 Å². The van der Waals surface area contributed by atoms with E-state index in [2.05, 4.69) is 191 Å². The minimum Gasteiger partial charge on any atom is -0.456 e.